The molecule has 4 rings (SSSR count). The number of nitrogens with one attached hydrogen (secondary N) is 2. The summed E-state index contributed by atoms with van der Waals surface area (Å²) in [6.45, 7) is 0. The number of halogens is 5. The monoisotopic (exact) mass is 466 g/mol. The lowest BCUT2D eigenvalue weighted by atomic mass is 10.1. The van der Waals surface area contributed by atoms with Crippen LogP contribution in [0.4, 0.5) is 13.2 Å². The molecular weight excluding hydrogens is 452 g/mol. The van der Waals surface area contributed by atoms with Crippen molar-refractivity contribution in [1.29, 1.82) is 0 Å². The van der Waals surface area contributed by atoms with Crippen molar-refractivity contribution in [2.45, 2.75) is 18.4 Å². The van der Waals surface area contributed by atoms with Gasteiger partial charge >= 0.3 is 6.18 Å². The summed E-state index contributed by atoms with van der Waals surface area (Å²) in [7, 11) is 0. The first-order valence-corrected chi connectivity index (χ1v) is 9.89. The molecule has 1 aromatic heterocycles. The van der Waals surface area contributed by atoms with Crippen molar-refractivity contribution < 1.29 is 18.0 Å². The molecule has 10 heteroatoms. The first-order chi connectivity index (χ1) is 14.8. The quantitative estimate of drug-likeness (QED) is 0.664. The van der Waals surface area contributed by atoms with Crippen LogP contribution in [0.3, 0.4) is 0 Å². The van der Waals surface area contributed by atoms with Crippen LogP contribution in [-0.2, 0) is 4.79 Å². The zero-order chi connectivity index (χ0) is 22.2. The summed E-state index contributed by atoms with van der Waals surface area (Å²) in [4.78, 5) is 18.4. The van der Waals surface area contributed by atoms with E-state index in [2.05, 4.69) is 15.6 Å². The molecule has 2 N–H and O–H groups in total. The molecule has 2 atom stereocenters. The van der Waals surface area contributed by atoms with E-state index in [-0.39, 0.29) is 11.4 Å². The second kappa shape index (κ2) is 8.28. The van der Waals surface area contributed by atoms with E-state index in [1.807, 2.05) is 0 Å². The highest BCUT2D eigenvalue weighted by atomic mass is 35.5. The third kappa shape index (κ3) is 4.26. The molecule has 5 nitrogen and oxygen atoms in total. The Morgan fingerprint density at radius 2 is 1.97 bits per heavy atom. The van der Waals surface area contributed by atoms with E-state index in [4.69, 9.17) is 23.2 Å². The third-order valence-electron chi connectivity index (χ3n) is 4.78. The van der Waals surface area contributed by atoms with Gasteiger partial charge in [0.05, 0.1) is 21.4 Å². The Morgan fingerprint density at radius 1 is 1.16 bits per heavy atom. The minimum Gasteiger partial charge on any atom is -0.355 e. The lowest BCUT2D eigenvalue weighted by Gasteiger charge is -2.26. The van der Waals surface area contributed by atoms with Crippen LogP contribution in [0.15, 0.2) is 78.4 Å². The summed E-state index contributed by atoms with van der Waals surface area (Å²) in [5.74, 6) is -0.907. The molecule has 2 aliphatic heterocycles. The molecule has 31 heavy (non-hydrogen) atoms. The van der Waals surface area contributed by atoms with Crippen LogP contribution >= 0.6 is 23.2 Å². The molecule has 0 saturated carbocycles. The molecule has 3 heterocycles. The molecule has 0 bridgehead atoms. The largest absolute Gasteiger partial charge is 0.414 e. The number of allylic oxidation sites excluding steroid dienone is 3. The highest BCUT2D eigenvalue weighted by Gasteiger charge is 2.44. The number of carbonyl (C=O) groups excluding carboxylic acids is 1. The average Bonchev–Trinajstić information content (AvgIpc) is 3.13. The van der Waals surface area contributed by atoms with Gasteiger partial charge in [0.2, 0.25) is 0 Å². The van der Waals surface area contributed by atoms with E-state index in [1.54, 1.807) is 47.5 Å². The number of hydrogen-bond donors (Lipinski definition) is 2. The minimum atomic E-state index is -4.72. The average molecular weight is 467 g/mol. The molecule has 2 aliphatic rings. The van der Waals surface area contributed by atoms with Crippen molar-refractivity contribution in [3.05, 3.63) is 99.7 Å². The van der Waals surface area contributed by atoms with Gasteiger partial charge < -0.3 is 15.5 Å². The number of fused-ring (bicyclic) bond motifs is 1. The predicted molar refractivity (Wildman–Crippen MR) is 111 cm³/mol. The Balaban J connectivity index is 1.64. The number of nitrogens with zero attached hydrogens (tertiary/aromatic N) is 2. The van der Waals surface area contributed by atoms with E-state index in [9.17, 15) is 18.0 Å². The summed E-state index contributed by atoms with van der Waals surface area (Å²) >= 11 is 12.1. The van der Waals surface area contributed by atoms with E-state index < -0.39 is 24.3 Å². The second-order valence-corrected chi connectivity index (χ2v) is 7.61. The fourth-order valence-electron chi connectivity index (χ4n) is 3.35. The lowest BCUT2D eigenvalue weighted by molar-refractivity contribution is -0.163. The maximum absolute atomic E-state index is 13.7. The fraction of sp³-hybridized carbons (Fsp3) is 0.143. The van der Waals surface area contributed by atoms with Crippen LogP contribution in [0.1, 0.15) is 23.5 Å². The number of carbonyl (C=O) groups is 1. The first kappa shape index (κ1) is 21.3. The summed E-state index contributed by atoms with van der Waals surface area (Å²) in [5, 5.41) is 5.76. The van der Waals surface area contributed by atoms with E-state index in [0.29, 0.717) is 21.3 Å². The van der Waals surface area contributed by atoms with Crippen LogP contribution in [0.5, 0.6) is 0 Å². The molecule has 1 aromatic carbocycles. The van der Waals surface area contributed by atoms with Gasteiger partial charge in [0.1, 0.15) is 11.9 Å². The van der Waals surface area contributed by atoms with Crippen molar-refractivity contribution in [2.24, 2.45) is 0 Å². The smallest absolute Gasteiger partial charge is 0.355 e. The van der Waals surface area contributed by atoms with Crippen molar-refractivity contribution in [3.8, 4) is 0 Å². The van der Waals surface area contributed by atoms with Crippen molar-refractivity contribution in [1.82, 2.24) is 20.5 Å². The zero-order valence-corrected chi connectivity index (χ0v) is 17.2. The van der Waals surface area contributed by atoms with Crippen LogP contribution in [0.25, 0.3) is 0 Å². The van der Waals surface area contributed by atoms with Crippen LogP contribution in [0.2, 0.25) is 10.0 Å². The summed E-state index contributed by atoms with van der Waals surface area (Å²) in [5.41, 5.74) is 0.815. The zero-order valence-electron chi connectivity index (χ0n) is 15.7. The molecule has 1 amide bonds. The van der Waals surface area contributed by atoms with E-state index >= 15 is 0 Å². The topological polar surface area (TPSA) is 57.3 Å². The molecule has 0 fully saturated rings. The lowest BCUT2D eigenvalue weighted by Crippen LogP contribution is -2.41. The Labute approximate surface area is 185 Å². The van der Waals surface area contributed by atoms with Crippen LogP contribution in [-0.4, -0.2) is 22.0 Å². The van der Waals surface area contributed by atoms with Gasteiger partial charge in [-0.05, 0) is 42.0 Å². The Morgan fingerprint density at radius 3 is 2.65 bits per heavy atom. The number of aromatic nitrogens is 1. The predicted octanol–water partition coefficient (Wildman–Crippen LogP) is 5.01. The SMILES string of the molecule is O=C(NC(c1ccccn1)C(F)(F)F)C1=C2C=CC=CN2C(c2ccc(Cl)c(Cl)c2)N1. The molecule has 0 saturated heterocycles. The van der Waals surface area contributed by atoms with Gasteiger partial charge in [0.25, 0.3) is 5.91 Å². The normalized spacial score (nSPS) is 18.6. The van der Waals surface area contributed by atoms with Crippen molar-refractivity contribution in [3.63, 3.8) is 0 Å². The molecule has 0 aliphatic carbocycles. The van der Waals surface area contributed by atoms with Gasteiger partial charge in [-0.25, -0.2) is 0 Å². The minimum absolute atomic E-state index is 0.00172. The molecule has 0 radical (unpaired) electrons. The maximum atomic E-state index is 13.7. The molecule has 160 valence electrons. The second-order valence-electron chi connectivity index (χ2n) is 6.79. The van der Waals surface area contributed by atoms with E-state index in [1.165, 1.54) is 24.4 Å². The van der Waals surface area contributed by atoms with Gasteiger partial charge in [-0.2, -0.15) is 13.2 Å². The first-order valence-electron chi connectivity index (χ1n) is 9.13. The molecular formula is C21H15Cl2F3N4O. The van der Waals surface area contributed by atoms with Gasteiger partial charge in [0.15, 0.2) is 6.04 Å². The van der Waals surface area contributed by atoms with Crippen LogP contribution in [0, 0.1) is 0 Å². The van der Waals surface area contributed by atoms with E-state index in [0.717, 1.165) is 0 Å². The number of hydrogen-bond acceptors (Lipinski definition) is 4. The molecule has 2 aromatic rings. The number of alkyl halides is 3. The van der Waals surface area contributed by atoms with Gasteiger partial charge in [-0.3, -0.25) is 9.78 Å². The third-order valence-corrected chi connectivity index (χ3v) is 5.52. The summed E-state index contributed by atoms with van der Waals surface area (Å²) < 4.78 is 41.0. The molecule has 0 spiro atoms. The molecule has 2 unspecified atom stereocenters. The fourth-order valence-corrected chi connectivity index (χ4v) is 3.66. The number of pyridine rings is 1. The standard InChI is InChI=1S/C21H15Cl2F3N4O/c22-13-8-7-12(11-14(13)23)19-28-17(16-6-2-4-10-30(16)19)20(31)29-18(21(24,25)26)15-5-1-3-9-27-15/h1-11,18-19,28H,(H,29,31). The summed E-state index contributed by atoms with van der Waals surface area (Å²) in [6, 6.07) is 6.87. The number of rotatable bonds is 4. The van der Waals surface area contributed by atoms with Crippen molar-refractivity contribution in [2.75, 3.05) is 0 Å². The van der Waals surface area contributed by atoms with Gasteiger partial charge in [0, 0.05) is 12.4 Å². The Hall–Kier alpha value is -2.97. The highest BCUT2D eigenvalue weighted by Crippen LogP contribution is 2.37. The number of benzene rings is 1. The number of amides is 1. The summed E-state index contributed by atoms with van der Waals surface area (Å²) in [6.07, 6.45) is 2.77. The van der Waals surface area contributed by atoms with Gasteiger partial charge in [-0.1, -0.05) is 41.4 Å². The Bertz CT molecular complexity index is 1100. The highest BCUT2D eigenvalue weighted by molar-refractivity contribution is 6.42. The Kier molecular flexibility index (Phi) is 5.68. The van der Waals surface area contributed by atoms with Crippen molar-refractivity contribution >= 4 is 29.1 Å². The van der Waals surface area contributed by atoms with Gasteiger partial charge in [-0.15, -0.1) is 0 Å². The van der Waals surface area contributed by atoms with Crippen LogP contribution < -0.4 is 10.6 Å². The maximum Gasteiger partial charge on any atom is 0.414 e.